The zero-order valence-corrected chi connectivity index (χ0v) is 19.1. The lowest BCUT2D eigenvalue weighted by Gasteiger charge is -2.30. The molecule has 3 aromatic rings. The Morgan fingerprint density at radius 3 is 2.73 bits per heavy atom. The van der Waals surface area contributed by atoms with Gasteiger partial charge in [0.15, 0.2) is 5.82 Å². The van der Waals surface area contributed by atoms with Crippen LogP contribution in [0.1, 0.15) is 36.3 Å². The van der Waals surface area contributed by atoms with Crippen molar-refractivity contribution >= 4 is 39.0 Å². The van der Waals surface area contributed by atoms with E-state index >= 15 is 0 Å². The van der Waals surface area contributed by atoms with Gasteiger partial charge in [0, 0.05) is 30.9 Å². The van der Waals surface area contributed by atoms with E-state index in [0.717, 1.165) is 46.3 Å². The number of hydrogen-bond donors (Lipinski definition) is 0. The maximum Gasteiger partial charge on any atom is 0.451 e. The minimum atomic E-state index is -4.53. The van der Waals surface area contributed by atoms with E-state index in [1.54, 1.807) is 11.3 Å². The predicted octanol–water partition coefficient (Wildman–Crippen LogP) is 3.49. The van der Waals surface area contributed by atoms with Crippen molar-refractivity contribution in [2.75, 3.05) is 36.5 Å². The third-order valence-electron chi connectivity index (χ3n) is 5.76. The van der Waals surface area contributed by atoms with Gasteiger partial charge in [-0.1, -0.05) is 18.5 Å². The number of thiophene rings is 1. The fourth-order valence-electron chi connectivity index (χ4n) is 4.26. The first-order chi connectivity index (χ1) is 15.9. The average molecular weight is 481 g/mol. The minimum Gasteiger partial charge on any atom is -0.399 e. The third-order valence-corrected chi connectivity index (χ3v) is 6.85. The summed E-state index contributed by atoms with van der Waals surface area (Å²) < 4.78 is 40.9. The number of alkyl halides is 3. The van der Waals surface area contributed by atoms with Crippen LogP contribution in [0.2, 0.25) is 0 Å². The number of rotatable bonds is 5. The van der Waals surface area contributed by atoms with Crippen molar-refractivity contribution in [1.29, 1.82) is 0 Å². The average Bonchev–Trinajstić information content (AvgIpc) is 3.50. The fraction of sp³-hybridized carbons (Fsp3) is 0.550. The zero-order valence-electron chi connectivity index (χ0n) is 18.3. The Balaban J connectivity index is 1.52. The smallest absolute Gasteiger partial charge is 0.399 e. The highest BCUT2D eigenvalue weighted by Crippen LogP contribution is 2.36. The van der Waals surface area contributed by atoms with Gasteiger partial charge < -0.3 is 19.2 Å². The summed E-state index contributed by atoms with van der Waals surface area (Å²) in [4.78, 5) is 20.7. The Morgan fingerprint density at radius 2 is 1.97 bits per heavy atom. The van der Waals surface area contributed by atoms with Gasteiger partial charge in [-0.05, 0) is 12.5 Å². The molecule has 0 amide bonds. The maximum atomic E-state index is 13.2. The normalized spacial score (nSPS) is 17.9. The van der Waals surface area contributed by atoms with E-state index < -0.39 is 12.0 Å². The molecule has 13 heteroatoms. The Labute approximate surface area is 191 Å². The molecule has 0 N–H and O–H groups in total. The fourth-order valence-corrected chi connectivity index (χ4v) is 5.38. The zero-order chi connectivity index (χ0) is 23.2. The molecule has 0 atom stereocenters. The number of oxime groups is 1. The van der Waals surface area contributed by atoms with Gasteiger partial charge in [-0.25, -0.2) is 4.98 Å². The van der Waals surface area contributed by atoms with Gasteiger partial charge in [0.05, 0.1) is 24.2 Å². The summed E-state index contributed by atoms with van der Waals surface area (Å²) >= 11 is 1.64. The summed E-state index contributed by atoms with van der Waals surface area (Å²) in [6.45, 7) is 4.13. The number of hydrogen-bond acceptors (Lipinski definition) is 9. The molecule has 2 aliphatic rings. The second-order valence-corrected chi connectivity index (χ2v) is 9.17. The molecule has 0 saturated carbocycles. The molecule has 9 nitrogen and oxygen atoms in total. The van der Waals surface area contributed by atoms with E-state index in [1.165, 1.54) is 12.0 Å². The first-order valence-corrected chi connectivity index (χ1v) is 11.6. The van der Waals surface area contributed by atoms with Gasteiger partial charge >= 0.3 is 6.18 Å². The molecule has 1 saturated heterocycles. The molecule has 1 fully saturated rings. The molecule has 0 aromatic carbocycles. The molecular formula is C20H23F3N8OS. The summed E-state index contributed by atoms with van der Waals surface area (Å²) in [5, 5.41) is 12.2. The maximum absolute atomic E-state index is 13.2. The van der Waals surface area contributed by atoms with Crippen molar-refractivity contribution in [3.63, 3.8) is 0 Å². The Kier molecular flexibility index (Phi) is 5.59. The largest absolute Gasteiger partial charge is 0.451 e. The molecule has 5 heterocycles. The van der Waals surface area contributed by atoms with E-state index in [1.807, 2.05) is 9.80 Å². The van der Waals surface area contributed by atoms with E-state index in [-0.39, 0.29) is 18.9 Å². The van der Waals surface area contributed by atoms with E-state index in [2.05, 4.69) is 28.3 Å². The lowest BCUT2D eigenvalue weighted by Crippen LogP contribution is -2.36. The number of aryl methyl sites for hydroxylation is 1. The number of halogens is 3. The number of nitrogens with zero attached hydrogens (tertiary/aromatic N) is 8. The van der Waals surface area contributed by atoms with Gasteiger partial charge in [-0.15, -0.1) is 21.5 Å². The van der Waals surface area contributed by atoms with Gasteiger partial charge in [-0.3, -0.25) is 0 Å². The minimum absolute atomic E-state index is 0.137. The molecule has 3 aromatic heterocycles. The van der Waals surface area contributed by atoms with Crippen LogP contribution in [-0.2, 0) is 30.5 Å². The first kappa shape index (κ1) is 21.9. The predicted molar refractivity (Wildman–Crippen MR) is 119 cm³/mol. The standard InChI is InChI=1S/C20H23F3N8OS/c1-3-4-13-9-14-16(29-7-8-31-15(11-29)26-27-18(31)20(21,22)23)24-19(25-17(14)33-13)30-6-5-12(10-30)28-32-2/h9H,3-8,10-11H2,1-2H3/b28-12-. The molecule has 5 rings (SSSR count). The second-order valence-electron chi connectivity index (χ2n) is 8.05. The van der Waals surface area contributed by atoms with Crippen molar-refractivity contribution in [3.05, 3.63) is 22.6 Å². The van der Waals surface area contributed by atoms with Crippen LogP contribution >= 0.6 is 11.3 Å². The highest BCUT2D eigenvalue weighted by atomic mass is 32.1. The van der Waals surface area contributed by atoms with Gasteiger partial charge in [-0.2, -0.15) is 18.2 Å². The molecule has 0 aliphatic carbocycles. The number of aromatic nitrogens is 5. The van der Waals surface area contributed by atoms with Gasteiger partial charge in [0.2, 0.25) is 11.8 Å². The quantitative estimate of drug-likeness (QED) is 0.517. The van der Waals surface area contributed by atoms with Crippen LogP contribution < -0.4 is 9.80 Å². The Morgan fingerprint density at radius 1 is 1.12 bits per heavy atom. The van der Waals surface area contributed by atoms with Gasteiger partial charge in [0.25, 0.3) is 0 Å². The van der Waals surface area contributed by atoms with Crippen LogP contribution in [0, 0.1) is 0 Å². The summed E-state index contributed by atoms with van der Waals surface area (Å²) in [7, 11) is 1.52. The van der Waals surface area contributed by atoms with Crippen molar-refractivity contribution in [2.45, 2.75) is 45.5 Å². The van der Waals surface area contributed by atoms with Crippen LogP contribution in [-0.4, -0.2) is 57.2 Å². The van der Waals surface area contributed by atoms with E-state index in [0.29, 0.717) is 24.9 Å². The summed E-state index contributed by atoms with van der Waals surface area (Å²) in [6, 6.07) is 2.10. The third kappa shape index (κ3) is 4.09. The lowest BCUT2D eigenvalue weighted by molar-refractivity contribution is -0.147. The molecular weight excluding hydrogens is 457 g/mol. The molecule has 2 aliphatic heterocycles. The second kappa shape index (κ2) is 8.43. The summed E-state index contributed by atoms with van der Waals surface area (Å²) in [5.41, 5.74) is 0.923. The number of fused-ring (bicyclic) bond motifs is 2. The highest BCUT2D eigenvalue weighted by molar-refractivity contribution is 7.18. The van der Waals surface area contributed by atoms with Crippen LogP contribution in [0.3, 0.4) is 0 Å². The molecule has 0 unspecified atom stereocenters. The van der Waals surface area contributed by atoms with Crippen molar-refractivity contribution in [1.82, 2.24) is 24.7 Å². The highest BCUT2D eigenvalue weighted by Gasteiger charge is 2.40. The molecule has 176 valence electrons. The van der Waals surface area contributed by atoms with Crippen LogP contribution in [0.4, 0.5) is 24.9 Å². The number of anilines is 2. The van der Waals surface area contributed by atoms with Crippen LogP contribution in [0.25, 0.3) is 10.2 Å². The molecule has 0 radical (unpaired) electrons. The van der Waals surface area contributed by atoms with Crippen molar-refractivity contribution < 1.29 is 18.0 Å². The van der Waals surface area contributed by atoms with E-state index in [9.17, 15) is 13.2 Å². The van der Waals surface area contributed by atoms with Crippen molar-refractivity contribution in [2.24, 2.45) is 5.16 Å². The van der Waals surface area contributed by atoms with Crippen LogP contribution in [0.5, 0.6) is 0 Å². The SMILES string of the molecule is CCCc1cc2c(N3CCn4c(nnc4C(F)(F)F)C3)nc(N3CC/C(=N/OC)C3)nc2s1. The van der Waals surface area contributed by atoms with Crippen LogP contribution in [0.15, 0.2) is 11.2 Å². The summed E-state index contributed by atoms with van der Waals surface area (Å²) in [5.74, 6) is 0.635. The molecule has 0 spiro atoms. The summed E-state index contributed by atoms with van der Waals surface area (Å²) in [6.07, 6.45) is -1.81. The first-order valence-electron chi connectivity index (χ1n) is 10.8. The Bertz CT molecular complexity index is 1200. The monoisotopic (exact) mass is 480 g/mol. The van der Waals surface area contributed by atoms with E-state index in [4.69, 9.17) is 14.8 Å². The topological polar surface area (TPSA) is 84.6 Å². The van der Waals surface area contributed by atoms with Crippen molar-refractivity contribution in [3.8, 4) is 0 Å². The molecule has 33 heavy (non-hydrogen) atoms. The van der Waals surface area contributed by atoms with Gasteiger partial charge in [0.1, 0.15) is 17.8 Å². The Hall–Kier alpha value is -2.96. The lowest BCUT2D eigenvalue weighted by atomic mass is 10.2. The molecule has 0 bridgehead atoms.